The smallest absolute Gasteiger partial charge is 0.213 e. The van der Waals surface area contributed by atoms with E-state index in [4.69, 9.17) is 16.3 Å². The highest BCUT2D eigenvalue weighted by Gasteiger charge is 2.15. The van der Waals surface area contributed by atoms with Crippen molar-refractivity contribution in [2.75, 3.05) is 20.2 Å². The standard InChI is InChI=1S/C17H19ClN2OS/c1-21-16-4-2-3-13(20-16)11-22-17-14-8-10-19-9-7-12(14)5-6-15(17)18/h2-6,19H,7-11H2,1H3. The van der Waals surface area contributed by atoms with Crippen LogP contribution in [0.15, 0.2) is 35.2 Å². The van der Waals surface area contributed by atoms with Crippen LogP contribution in [0.25, 0.3) is 0 Å². The van der Waals surface area contributed by atoms with Crippen LogP contribution in [0.1, 0.15) is 16.8 Å². The first-order valence-electron chi connectivity index (χ1n) is 7.41. The second-order valence-electron chi connectivity index (χ2n) is 5.22. The summed E-state index contributed by atoms with van der Waals surface area (Å²) in [5, 5.41) is 4.29. The number of rotatable bonds is 4. The Bertz CT molecular complexity index is 663. The Morgan fingerprint density at radius 3 is 2.95 bits per heavy atom. The number of aromatic nitrogens is 1. The Morgan fingerprint density at radius 2 is 2.09 bits per heavy atom. The molecule has 0 spiro atoms. The molecule has 22 heavy (non-hydrogen) atoms. The topological polar surface area (TPSA) is 34.1 Å². The van der Waals surface area contributed by atoms with Crippen molar-refractivity contribution < 1.29 is 4.74 Å². The molecule has 0 unspecified atom stereocenters. The lowest BCUT2D eigenvalue weighted by Crippen LogP contribution is -2.16. The molecule has 2 heterocycles. The molecule has 3 nitrogen and oxygen atoms in total. The van der Waals surface area contributed by atoms with Gasteiger partial charge in [-0.1, -0.05) is 23.7 Å². The van der Waals surface area contributed by atoms with Crippen LogP contribution in [-0.2, 0) is 18.6 Å². The fraction of sp³-hybridized carbons (Fsp3) is 0.353. The van der Waals surface area contributed by atoms with Gasteiger partial charge in [-0.3, -0.25) is 0 Å². The molecule has 0 aliphatic carbocycles. The molecule has 0 amide bonds. The summed E-state index contributed by atoms with van der Waals surface area (Å²) in [5.41, 5.74) is 3.81. The fourth-order valence-electron chi connectivity index (χ4n) is 2.66. The van der Waals surface area contributed by atoms with Gasteiger partial charge in [-0.25, -0.2) is 4.98 Å². The lowest BCUT2D eigenvalue weighted by Gasteiger charge is -2.13. The summed E-state index contributed by atoms with van der Waals surface area (Å²) in [4.78, 5) is 5.67. The minimum Gasteiger partial charge on any atom is -0.481 e. The number of nitrogens with zero attached hydrogens (tertiary/aromatic N) is 1. The molecule has 2 aromatic rings. The Kier molecular flexibility index (Phi) is 5.24. The zero-order chi connectivity index (χ0) is 15.4. The molecule has 0 fully saturated rings. The molecule has 1 aromatic carbocycles. The van der Waals surface area contributed by atoms with E-state index in [1.807, 2.05) is 24.3 Å². The molecular formula is C17H19ClN2OS. The van der Waals surface area contributed by atoms with Gasteiger partial charge in [0.05, 0.1) is 17.8 Å². The molecular weight excluding hydrogens is 316 g/mol. The van der Waals surface area contributed by atoms with Crippen molar-refractivity contribution in [3.05, 3.63) is 52.2 Å². The van der Waals surface area contributed by atoms with E-state index in [9.17, 15) is 0 Å². The summed E-state index contributed by atoms with van der Waals surface area (Å²) in [6.45, 7) is 2.05. The van der Waals surface area contributed by atoms with E-state index < -0.39 is 0 Å². The highest BCUT2D eigenvalue weighted by molar-refractivity contribution is 7.98. The summed E-state index contributed by atoms with van der Waals surface area (Å²) >= 11 is 8.22. The van der Waals surface area contributed by atoms with Gasteiger partial charge in [0.2, 0.25) is 5.88 Å². The number of thioether (sulfide) groups is 1. The van der Waals surface area contributed by atoms with Crippen LogP contribution in [0.4, 0.5) is 0 Å². The van der Waals surface area contributed by atoms with Gasteiger partial charge >= 0.3 is 0 Å². The summed E-state index contributed by atoms with van der Waals surface area (Å²) in [6.07, 6.45) is 2.10. The third-order valence-electron chi connectivity index (χ3n) is 3.79. The summed E-state index contributed by atoms with van der Waals surface area (Å²) in [7, 11) is 1.64. The largest absolute Gasteiger partial charge is 0.481 e. The average molecular weight is 335 g/mol. The number of hydrogen-bond donors (Lipinski definition) is 1. The van der Waals surface area contributed by atoms with Crippen LogP contribution in [0.3, 0.4) is 0 Å². The zero-order valence-electron chi connectivity index (χ0n) is 12.6. The van der Waals surface area contributed by atoms with Gasteiger partial charge < -0.3 is 10.1 Å². The van der Waals surface area contributed by atoms with Gasteiger partial charge in [0.15, 0.2) is 0 Å². The zero-order valence-corrected chi connectivity index (χ0v) is 14.1. The average Bonchev–Trinajstić information content (AvgIpc) is 2.79. The molecule has 0 bridgehead atoms. The Labute approximate surface area is 140 Å². The van der Waals surface area contributed by atoms with Crippen LogP contribution in [0.5, 0.6) is 5.88 Å². The van der Waals surface area contributed by atoms with E-state index in [1.54, 1.807) is 18.9 Å². The molecule has 3 rings (SSSR count). The van der Waals surface area contributed by atoms with Crippen LogP contribution in [-0.4, -0.2) is 25.2 Å². The lowest BCUT2D eigenvalue weighted by molar-refractivity contribution is 0.397. The highest BCUT2D eigenvalue weighted by Crippen LogP contribution is 2.35. The van der Waals surface area contributed by atoms with Gasteiger partial charge in [-0.2, -0.15) is 0 Å². The highest BCUT2D eigenvalue weighted by atomic mass is 35.5. The predicted octanol–water partition coefficient (Wildman–Crippen LogP) is 3.72. The molecule has 0 saturated heterocycles. The fourth-order valence-corrected chi connectivity index (χ4v) is 4.07. The van der Waals surface area contributed by atoms with Crippen LogP contribution in [0.2, 0.25) is 5.02 Å². The number of pyridine rings is 1. The number of ether oxygens (including phenoxy) is 1. The Morgan fingerprint density at radius 1 is 1.23 bits per heavy atom. The van der Waals surface area contributed by atoms with E-state index in [1.165, 1.54) is 16.0 Å². The maximum Gasteiger partial charge on any atom is 0.213 e. The summed E-state index contributed by atoms with van der Waals surface area (Å²) < 4.78 is 5.18. The number of fused-ring (bicyclic) bond motifs is 1. The number of hydrogen-bond acceptors (Lipinski definition) is 4. The van der Waals surface area contributed by atoms with Crippen molar-refractivity contribution in [1.29, 1.82) is 0 Å². The van der Waals surface area contributed by atoms with E-state index in [2.05, 4.69) is 16.4 Å². The van der Waals surface area contributed by atoms with E-state index in [0.717, 1.165) is 42.4 Å². The third kappa shape index (κ3) is 3.57. The summed E-state index contributed by atoms with van der Waals surface area (Å²) in [5.74, 6) is 1.45. The normalized spacial score (nSPS) is 14.3. The minimum atomic E-state index is 0.653. The monoisotopic (exact) mass is 334 g/mol. The van der Waals surface area contributed by atoms with Crippen molar-refractivity contribution in [2.24, 2.45) is 0 Å². The molecule has 1 N–H and O–H groups in total. The van der Waals surface area contributed by atoms with Crippen molar-refractivity contribution in [1.82, 2.24) is 10.3 Å². The predicted molar refractivity (Wildman–Crippen MR) is 92.1 cm³/mol. The van der Waals surface area contributed by atoms with Gasteiger partial charge in [0.25, 0.3) is 0 Å². The number of benzene rings is 1. The van der Waals surface area contributed by atoms with Crippen LogP contribution >= 0.6 is 23.4 Å². The van der Waals surface area contributed by atoms with E-state index in [0.29, 0.717) is 5.88 Å². The lowest BCUT2D eigenvalue weighted by atomic mass is 10.0. The SMILES string of the molecule is COc1cccc(CSc2c(Cl)ccc3c2CCNCC3)n1. The molecule has 1 aromatic heterocycles. The van der Waals surface area contributed by atoms with Gasteiger partial charge in [-0.15, -0.1) is 11.8 Å². The quantitative estimate of drug-likeness (QED) is 0.864. The van der Waals surface area contributed by atoms with E-state index >= 15 is 0 Å². The van der Waals surface area contributed by atoms with Gasteiger partial charge in [-0.05, 0) is 49.2 Å². The number of halogens is 1. The third-order valence-corrected chi connectivity index (χ3v) is 5.41. The molecule has 0 saturated carbocycles. The van der Waals surface area contributed by atoms with E-state index in [-0.39, 0.29) is 0 Å². The number of methoxy groups -OCH3 is 1. The van der Waals surface area contributed by atoms with Crippen molar-refractivity contribution in [3.63, 3.8) is 0 Å². The van der Waals surface area contributed by atoms with Crippen LogP contribution < -0.4 is 10.1 Å². The maximum atomic E-state index is 6.45. The van der Waals surface area contributed by atoms with Crippen molar-refractivity contribution in [3.8, 4) is 5.88 Å². The second kappa shape index (κ2) is 7.36. The van der Waals surface area contributed by atoms with Crippen molar-refractivity contribution >= 4 is 23.4 Å². The Hall–Kier alpha value is -1.23. The Balaban J connectivity index is 1.82. The second-order valence-corrected chi connectivity index (χ2v) is 6.62. The molecule has 5 heteroatoms. The first kappa shape index (κ1) is 15.7. The first-order valence-corrected chi connectivity index (χ1v) is 8.78. The molecule has 116 valence electrons. The van der Waals surface area contributed by atoms with Gasteiger partial charge in [0, 0.05) is 16.7 Å². The van der Waals surface area contributed by atoms with Crippen molar-refractivity contribution in [2.45, 2.75) is 23.5 Å². The first-order chi connectivity index (χ1) is 10.8. The van der Waals surface area contributed by atoms with Crippen LogP contribution in [0, 0.1) is 0 Å². The molecule has 1 aliphatic rings. The molecule has 0 atom stereocenters. The number of nitrogens with one attached hydrogen (secondary N) is 1. The molecule has 1 aliphatic heterocycles. The molecule has 0 radical (unpaired) electrons. The summed E-state index contributed by atoms with van der Waals surface area (Å²) in [6, 6.07) is 10.0. The van der Waals surface area contributed by atoms with Gasteiger partial charge in [0.1, 0.15) is 0 Å². The maximum absolute atomic E-state index is 6.45. The minimum absolute atomic E-state index is 0.653.